The Labute approximate surface area is 155 Å². The van der Waals surface area contributed by atoms with Gasteiger partial charge in [-0.2, -0.15) is 0 Å². The molecule has 0 aliphatic carbocycles. The molecule has 4 aromatic rings. The van der Waals surface area contributed by atoms with Gasteiger partial charge >= 0.3 is 11.3 Å². The average Bonchev–Trinajstić information content (AvgIpc) is 3.22. The lowest BCUT2D eigenvalue weighted by atomic mass is 10.3. The Morgan fingerprint density at radius 2 is 2.08 bits per heavy atom. The molecule has 0 atom stereocenters. The highest BCUT2D eigenvalue weighted by Crippen LogP contribution is 2.19. The zero-order valence-corrected chi connectivity index (χ0v) is 14.8. The van der Waals surface area contributed by atoms with Crippen molar-refractivity contribution >= 4 is 40.2 Å². The predicted molar refractivity (Wildman–Crippen MR) is 97.0 cm³/mol. The van der Waals surface area contributed by atoms with Crippen LogP contribution in [0.5, 0.6) is 0 Å². The molecule has 0 aliphatic heterocycles. The second kappa shape index (κ2) is 6.81. The van der Waals surface area contributed by atoms with Crippen LogP contribution in [0.1, 0.15) is 10.5 Å². The van der Waals surface area contributed by atoms with Crippen molar-refractivity contribution in [2.75, 3.05) is 5.75 Å². The number of imidazole rings is 1. The van der Waals surface area contributed by atoms with Crippen molar-refractivity contribution in [3.8, 4) is 5.69 Å². The standard InChI is InChI=1S/C17H11ClN4O3S/c18-10-4-3-5-11(8-10)22-15(16(24)25-21-22)14(23)9-26-17-19-12-6-1-2-7-13(12)20-17/h1-8H,9H2,(H-,19,20,21,23,24)/p+1. The van der Waals surface area contributed by atoms with Crippen LogP contribution < -0.4 is 10.3 Å². The number of benzene rings is 2. The van der Waals surface area contributed by atoms with Gasteiger partial charge in [0.15, 0.2) is 5.16 Å². The minimum absolute atomic E-state index is 0.0308. The maximum Gasteiger partial charge on any atom is 0.438 e. The first-order valence-electron chi connectivity index (χ1n) is 7.62. The van der Waals surface area contributed by atoms with Gasteiger partial charge in [-0.05, 0) is 28.2 Å². The smallest absolute Gasteiger partial charge is 0.333 e. The van der Waals surface area contributed by atoms with Crippen LogP contribution >= 0.6 is 23.4 Å². The Hall–Kier alpha value is -2.84. The van der Waals surface area contributed by atoms with E-state index < -0.39 is 5.63 Å². The third-order valence-corrected chi connectivity index (χ3v) is 4.79. The molecule has 2 aromatic heterocycles. The SMILES string of the molecule is O=C(CSc1nc2ccccc2[nH]1)c1c(=O)o[nH][n+]1-c1cccc(Cl)c1. The van der Waals surface area contributed by atoms with E-state index in [0.717, 1.165) is 11.0 Å². The van der Waals surface area contributed by atoms with E-state index >= 15 is 0 Å². The van der Waals surface area contributed by atoms with Crippen molar-refractivity contribution in [2.45, 2.75) is 5.16 Å². The second-order valence-electron chi connectivity index (χ2n) is 5.42. The van der Waals surface area contributed by atoms with E-state index in [1.54, 1.807) is 24.3 Å². The van der Waals surface area contributed by atoms with E-state index in [-0.39, 0.29) is 17.2 Å². The molecule has 4 rings (SSSR count). The summed E-state index contributed by atoms with van der Waals surface area (Å²) in [4.78, 5) is 32.1. The van der Waals surface area contributed by atoms with Gasteiger partial charge in [-0.3, -0.25) is 9.32 Å². The lowest BCUT2D eigenvalue weighted by molar-refractivity contribution is -0.672. The zero-order chi connectivity index (χ0) is 18.1. The van der Waals surface area contributed by atoms with Gasteiger partial charge in [-0.25, -0.2) is 9.78 Å². The van der Waals surface area contributed by atoms with E-state index in [2.05, 4.69) is 15.2 Å². The first-order chi connectivity index (χ1) is 12.6. The highest BCUT2D eigenvalue weighted by molar-refractivity contribution is 7.99. The summed E-state index contributed by atoms with van der Waals surface area (Å²) in [5, 5.41) is 3.52. The molecule has 9 heteroatoms. The lowest BCUT2D eigenvalue weighted by Gasteiger charge is -1.95. The molecule has 2 N–H and O–H groups in total. The summed E-state index contributed by atoms with van der Waals surface area (Å²) in [6, 6.07) is 14.3. The number of nitrogens with zero attached hydrogens (tertiary/aromatic N) is 2. The molecule has 0 saturated carbocycles. The molecule has 7 nitrogen and oxygen atoms in total. The number of fused-ring (bicyclic) bond motifs is 1. The normalized spacial score (nSPS) is 11.1. The molecule has 2 heterocycles. The lowest BCUT2D eigenvalue weighted by Crippen LogP contribution is -2.41. The van der Waals surface area contributed by atoms with Crippen LogP contribution in [0.3, 0.4) is 0 Å². The summed E-state index contributed by atoms with van der Waals surface area (Å²) >= 11 is 7.19. The van der Waals surface area contributed by atoms with Crippen LogP contribution in [-0.4, -0.2) is 26.8 Å². The van der Waals surface area contributed by atoms with Gasteiger partial charge in [0, 0.05) is 17.2 Å². The van der Waals surface area contributed by atoms with Crippen LogP contribution in [0, 0.1) is 0 Å². The van der Waals surface area contributed by atoms with Gasteiger partial charge in [0.05, 0.1) is 16.8 Å². The average molecular weight is 388 g/mol. The first kappa shape index (κ1) is 16.6. The van der Waals surface area contributed by atoms with Crippen molar-refractivity contribution in [2.24, 2.45) is 0 Å². The predicted octanol–water partition coefficient (Wildman–Crippen LogP) is 2.75. The summed E-state index contributed by atoms with van der Waals surface area (Å²) in [5.74, 6) is -0.353. The minimum Gasteiger partial charge on any atom is -0.333 e. The number of rotatable bonds is 5. The number of halogens is 1. The summed E-state index contributed by atoms with van der Waals surface area (Å²) in [6.45, 7) is 0. The molecule has 0 unspecified atom stereocenters. The quantitative estimate of drug-likeness (QED) is 0.312. The number of para-hydroxylation sites is 2. The van der Waals surface area contributed by atoms with Gasteiger partial charge in [0.25, 0.3) is 0 Å². The summed E-state index contributed by atoms with van der Waals surface area (Å²) in [6.07, 6.45) is 0. The molecule has 0 amide bonds. The number of carbonyl (C=O) groups excluding carboxylic acids is 1. The van der Waals surface area contributed by atoms with Crippen molar-refractivity contribution in [1.29, 1.82) is 0 Å². The molecule has 0 radical (unpaired) electrons. The fourth-order valence-corrected chi connectivity index (χ4v) is 3.44. The third-order valence-electron chi connectivity index (χ3n) is 3.68. The summed E-state index contributed by atoms with van der Waals surface area (Å²) < 4.78 is 6.08. The van der Waals surface area contributed by atoms with Crippen molar-refractivity contribution < 1.29 is 14.0 Å². The molecular formula is C17H12ClN4O3S+. The first-order valence-corrected chi connectivity index (χ1v) is 8.98. The molecule has 0 spiro atoms. The second-order valence-corrected chi connectivity index (χ2v) is 6.82. The summed E-state index contributed by atoms with van der Waals surface area (Å²) in [5.41, 5.74) is 1.40. The van der Waals surface area contributed by atoms with Crippen LogP contribution in [-0.2, 0) is 0 Å². The Kier molecular flexibility index (Phi) is 4.36. The summed E-state index contributed by atoms with van der Waals surface area (Å²) in [7, 11) is 0. The van der Waals surface area contributed by atoms with Gasteiger partial charge in [-0.1, -0.05) is 41.6 Å². The maximum atomic E-state index is 12.6. The number of aromatic amines is 2. The number of nitrogens with one attached hydrogen (secondary N) is 2. The van der Waals surface area contributed by atoms with Gasteiger partial charge in [0.1, 0.15) is 0 Å². The minimum atomic E-state index is -0.736. The molecule has 0 saturated heterocycles. The fraction of sp³-hybridized carbons (Fsp3) is 0.0588. The van der Waals surface area contributed by atoms with Crippen LogP contribution in [0.25, 0.3) is 16.7 Å². The fourth-order valence-electron chi connectivity index (χ4n) is 2.51. The number of thioether (sulfide) groups is 1. The number of H-pyrrole nitrogens is 2. The number of aromatic nitrogens is 4. The Balaban J connectivity index is 1.58. The van der Waals surface area contributed by atoms with Crippen molar-refractivity contribution in [3.63, 3.8) is 0 Å². The van der Waals surface area contributed by atoms with Crippen LogP contribution in [0.4, 0.5) is 0 Å². The van der Waals surface area contributed by atoms with Gasteiger partial charge < -0.3 is 4.98 Å². The van der Waals surface area contributed by atoms with Gasteiger partial charge in [-0.15, -0.1) is 0 Å². The number of hydrogen-bond acceptors (Lipinski definition) is 5. The van der Waals surface area contributed by atoms with Crippen molar-refractivity contribution in [1.82, 2.24) is 15.2 Å². The largest absolute Gasteiger partial charge is 0.438 e. The van der Waals surface area contributed by atoms with E-state index in [9.17, 15) is 9.59 Å². The topological polar surface area (TPSA) is 95.6 Å². The van der Waals surface area contributed by atoms with E-state index in [4.69, 9.17) is 16.1 Å². The molecular weight excluding hydrogens is 376 g/mol. The highest BCUT2D eigenvalue weighted by Gasteiger charge is 2.30. The van der Waals surface area contributed by atoms with E-state index in [0.29, 0.717) is 15.9 Å². The number of carbonyl (C=O) groups is 1. The Morgan fingerprint density at radius 3 is 2.88 bits per heavy atom. The molecule has 0 fully saturated rings. The monoisotopic (exact) mass is 387 g/mol. The Bertz CT molecular complexity index is 1130. The maximum absolute atomic E-state index is 12.6. The number of ketones is 1. The molecule has 130 valence electrons. The molecule has 2 aromatic carbocycles. The molecule has 26 heavy (non-hydrogen) atoms. The van der Waals surface area contributed by atoms with Gasteiger partial charge in [0.2, 0.25) is 11.5 Å². The van der Waals surface area contributed by atoms with Crippen molar-refractivity contribution in [3.05, 3.63) is 69.7 Å². The van der Waals surface area contributed by atoms with E-state index in [1.165, 1.54) is 16.4 Å². The highest BCUT2D eigenvalue weighted by atomic mass is 35.5. The van der Waals surface area contributed by atoms with Crippen LogP contribution in [0.15, 0.2) is 63.0 Å². The van der Waals surface area contributed by atoms with E-state index in [1.807, 2.05) is 24.3 Å². The van der Waals surface area contributed by atoms with Crippen LogP contribution in [0.2, 0.25) is 5.02 Å². The molecule has 0 aliphatic rings. The zero-order valence-electron chi connectivity index (χ0n) is 13.2. The third kappa shape index (κ3) is 3.16. The molecule has 0 bridgehead atoms. The number of Topliss-reactive ketones (excluding diaryl/α,β-unsaturated/α-hetero) is 1. The Morgan fingerprint density at radius 1 is 1.23 bits per heavy atom. The number of hydrogen-bond donors (Lipinski definition) is 2.